The summed E-state index contributed by atoms with van der Waals surface area (Å²) in [6.07, 6.45) is 3.81. The van der Waals surface area contributed by atoms with Crippen LogP contribution in [0.2, 0.25) is 5.15 Å². The highest BCUT2D eigenvalue weighted by Gasteiger charge is 2.22. The highest BCUT2D eigenvalue weighted by molar-refractivity contribution is 7.16. The van der Waals surface area contributed by atoms with E-state index >= 15 is 0 Å². The molecule has 5 rings (SSSR count). The van der Waals surface area contributed by atoms with Crippen molar-refractivity contribution in [3.8, 4) is 11.1 Å². The standard InChI is InChI=1S/C21H17ClN6OS/c1-2-14(27-20-18-19(24-10-23-18)25-11-26-20)13-8-16-28(15(22)9-30-16)21(29)17(13)12-6-4-3-5-7-12/h3-11,14H,2H2,1H3,(H2,23,24,25,26,27). The molecule has 1 unspecified atom stereocenters. The zero-order valence-electron chi connectivity index (χ0n) is 16.0. The molecule has 4 aromatic heterocycles. The number of halogens is 1. The number of aromatic nitrogens is 5. The second-order valence-electron chi connectivity index (χ2n) is 6.81. The van der Waals surface area contributed by atoms with Crippen molar-refractivity contribution in [2.45, 2.75) is 19.4 Å². The van der Waals surface area contributed by atoms with E-state index in [9.17, 15) is 4.79 Å². The number of aromatic amines is 1. The Hall–Kier alpha value is -3.23. The van der Waals surface area contributed by atoms with Crippen molar-refractivity contribution < 1.29 is 0 Å². The topological polar surface area (TPSA) is 88.0 Å². The number of hydrogen-bond donors (Lipinski definition) is 2. The lowest BCUT2D eigenvalue weighted by atomic mass is 9.95. The molecule has 1 atom stereocenters. The van der Waals surface area contributed by atoms with Gasteiger partial charge in [-0.1, -0.05) is 48.9 Å². The van der Waals surface area contributed by atoms with Crippen molar-refractivity contribution in [3.63, 3.8) is 0 Å². The van der Waals surface area contributed by atoms with Gasteiger partial charge in [-0.25, -0.2) is 15.0 Å². The van der Waals surface area contributed by atoms with Crippen LogP contribution in [0.4, 0.5) is 5.82 Å². The largest absolute Gasteiger partial charge is 0.361 e. The maximum atomic E-state index is 13.5. The molecule has 4 heterocycles. The molecule has 0 aliphatic rings. The van der Waals surface area contributed by atoms with Crippen LogP contribution >= 0.6 is 22.9 Å². The Labute approximate surface area is 180 Å². The smallest absolute Gasteiger partial charge is 0.265 e. The molecule has 30 heavy (non-hydrogen) atoms. The summed E-state index contributed by atoms with van der Waals surface area (Å²) in [6.45, 7) is 2.07. The van der Waals surface area contributed by atoms with Gasteiger partial charge in [-0.2, -0.15) is 0 Å². The first-order chi connectivity index (χ1) is 14.7. The van der Waals surface area contributed by atoms with Gasteiger partial charge in [0.15, 0.2) is 11.5 Å². The van der Waals surface area contributed by atoms with E-state index in [0.29, 0.717) is 22.2 Å². The zero-order valence-corrected chi connectivity index (χ0v) is 17.5. The summed E-state index contributed by atoms with van der Waals surface area (Å²) in [6, 6.07) is 11.6. The van der Waals surface area contributed by atoms with Gasteiger partial charge in [0.25, 0.3) is 5.56 Å². The number of H-pyrrole nitrogens is 1. The SMILES string of the molecule is CCC(Nc1ncnc2nc[nH]c12)c1cc2scc(Cl)n2c(=O)c1-c1ccccc1. The van der Waals surface area contributed by atoms with Crippen LogP contribution in [0, 0.1) is 0 Å². The van der Waals surface area contributed by atoms with Crippen molar-refractivity contribution in [1.82, 2.24) is 24.3 Å². The Balaban J connectivity index is 1.72. The van der Waals surface area contributed by atoms with Crippen molar-refractivity contribution in [2.75, 3.05) is 5.32 Å². The van der Waals surface area contributed by atoms with Gasteiger partial charge < -0.3 is 10.3 Å². The lowest BCUT2D eigenvalue weighted by Crippen LogP contribution is -2.21. The third-order valence-corrected chi connectivity index (χ3v) is 6.37. The van der Waals surface area contributed by atoms with E-state index in [2.05, 4.69) is 32.2 Å². The Morgan fingerprint density at radius 2 is 2.07 bits per heavy atom. The van der Waals surface area contributed by atoms with E-state index in [1.54, 1.807) is 16.1 Å². The van der Waals surface area contributed by atoms with Crippen LogP contribution < -0.4 is 10.9 Å². The number of nitrogens with zero attached hydrogens (tertiary/aromatic N) is 4. The molecule has 0 aliphatic carbocycles. The monoisotopic (exact) mass is 436 g/mol. The maximum Gasteiger partial charge on any atom is 0.265 e. The molecule has 2 N–H and O–H groups in total. The van der Waals surface area contributed by atoms with Crippen LogP contribution in [0.15, 0.2) is 59.2 Å². The van der Waals surface area contributed by atoms with E-state index in [0.717, 1.165) is 27.9 Å². The van der Waals surface area contributed by atoms with Crippen molar-refractivity contribution in [3.05, 3.63) is 75.5 Å². The Morgan fingerprint density at radius 1 is 1.23 bits per heavy atom. The molecule has 0 saturated carbocycles. The van der Waals surface area contributed by atoms with Crippen LogP contribution in [0.25, 0.3) is 27.1 Å². The fourth-order valence-electron chi connectivity index (χ4n) is 3.66. The minimum Gasteiger partial charge on any atom is -0.361 e. The van der Waals surface area contributed by atoms with Crippen LogP contribution in [-0.4, -0.2) is 24.3 Å². The first-order valence-corrected chi connectivity index (χ1v) is 10.7. The fourth-order valence-corrected chi connectivity index (χ4v) is 4.82. The van der Waals surface area contributed by atoms with E-state index in [1.165, 1.54) is 17.7 Å². The molecule has 5 aromatic rings. The van der Waals surface area contributed by atoms with Gasteiger partial charge in [0, 0.05) is 5.38 Å². The van der Waals surface area contributed by atoms with E-state index in [4.69, 9.17) is 11.6 Å². The summed E-state index contributed by atoms with van der Waals surface area (Å²) in [7, 11) is 0. The normalized spacial score (nSPS) is 12.5. The van der Waals surface area contributed by atoms with Crippen LogP contribution in [-0.2, 0) is 0 Å². The van der Waals surface area contributed by atoms with Gasteiger partial charge in [-0.15, -0.1) is 11.3 Å². The van der Waals surface area contributed by atoms with Gasteiger partial charge in [0.05, 0.1) is 17.9 Å². The van der Waals surface area contributed by atoms with Crippen LogP contribution in [0.5, 0.6) is 0 Å². The first-order valence-electron chi connectivity index (χ1n) is 9.46. The Morgan fingerprint density at radius 3 is 2.87 bits per heavy atom. The number of imidazole rings is 1. The van der Waals surface area contributed by atoms with E-state index in [-0.39, 0.29) is 11.6 Å². The maximum absolute atomic E-state index is 13.5. The average Bonchev–Trinajstić information content (AvgIpc) is 3.40. The molecule has 0 bridgehead atoms. The predicted octanol–water partition coefficient (Wildman–Crippen LogP) is 4.91. The summed E-state index contributed by atoms with van der Waals surface area (Å²) in [5.41, 5.74) is 3.57. The molecule has 9 heteroatoms. The summed E-state index contributed by atoms with van der Waals surface area (Å²) >= 11 is 7.76. The Bertz CT molecular complexity index is 1410. The number of pyridine rings is 1. The summed E-state index contributed by atoms with van der Waals surface area (Å²) < 4.78 is 1.56. The van der Waals surface area contributed by atoms with Crippen molar-refractivity contribution in [1.29, 1.82) is 0 Å². The molecule has 7 nitrogen and oxygen atoms in total. The molecule has 0 amide bonds. The molecule has 150 valence electrons. The summed E-state index contributed by atoms with van der Waals surface area (Å²) in [5.74, 6) is 0.646. The number of benzene rings is 1. The minimum absolute atomic E-state index is 0.130. The summed E-state index contributed by atoms with van der Waals surface area (Å²) in [4.78, 5) is 30.1. The molecule has 0 fully saturated rings. The number of hydrogen-bond acceptors (Lipinski definition) is 6. The van der Waals surface area contributed by atoms with Gasteiger partial charge in [0.1, 0.15) is 21.8 Å². The lowest BCUT2D eigenvalue weighted by molar-refractivity contribution is 0.744. The summed E-state index contributed by atoms with van der Waals surface area (Å²) in [5, 5.41) is 5.68. The third kappa shape index (κ3) is 3.05. The Kier molecular flexibility index (Phi) is 4.72. The van der Waals surface area contributed by atoms with Gasteiger partial charge in [-0.3, -0.25) is 9.20 Å². The van der Waals surface area contributed by atoms with Crippen molar-refractivity contribution in [2.24, 2.45) is 0 Å². The molecule has 0 spiro atoms. The van der Waals surface area contributed by atoms with Gasteiger partial charge >= 0.3 is 0 Å². The molecule has 0 saturated heterocycles. The molecular formula is C21H17ClN6OS. The third-order valence-electron chi connectivity index (χ3n) is 5.08. The highest BCUT2D eigenvalue weighted by Crippen LogP contribution is 2.33. The van der Waals surface area contributed by atoms with E-state index < -0.39 is 0 Å². The van der Waals surface area contributed by atoms with E-state index in [1.807, 2.05) is 36.4 Å². The lowest BCUT2D eigenvalue weighted by Gasteiger charge is -2.21. The molecule has 0 radical (unpaired) electrons. The molecule has 1 aromatic carbocycles. The number of rotatable bonds is 5. The van der Waals surface area contributed by atoms with Gasteiger partial charge in [-0.05, 0) is 23.6 Å². The highest BCUT2D eigenvalue weighted by atomic mass is 35.5. The number of thiazole rings is 1. The second-order valence-corrected chi connectivity index (χ2v) is 8.08. The van der Waals surface area contributed by atoms with Gasteiger partial charge in [0.2, 0.25) is 0 Å². The van der Waals surface area contributed by atoms with Crippen LogP contribution in [0.1, 0.15) is 24.9 Å². The predicted molar refractivity (Wildman–Crippen MR) is 120 cm³/mol. The van der Waals surface area contributed by atoms with Crippen LogP contribution in [0.3, 0.4) is 0 Å². The van der Waals surface area contributed by atoms with Crippen molar-refractivity contribution >= 4 is 44.7 Å². The average molecular weight is 437 g/mol. The number of nitrogens with one attached hydrogen (secondary N) is 2. The number of fused-ring (bicyclic) bond motifs is 2. The first kappa shape index (κ1) is 18.8. The number of anilines is 1. The molecule has 0 aliphatic heterocycles. The quantitative estimate of drug-likeness (QED) is 0.408. The second kappa shape index (κ2) is 7.55. The fraction of sp³-hybridized carbons (Fsp3) is 0.143. The zero-order chi connectivity index (χ0) is 20.7. The minimum atomic E-state index is -0.153. The molecular weight excluding hydrogens is 420 g/mol.